The summed E-state index contributed by atoms with van der Waals surface area (Å²) in [6, 6.07) is 14.1. The molecule has 1 saturated heterocycles. The Morgan fingerprint density at radius 1 is 1.16 bits per heavy atom. The van der Waals surface area contributed by atoms with Gasteiger partial charge in [0.1, 0.15) is 29.1 Å². The van der Waals surface area contributed by atoms with Crippen molar-refractivity contribution in [3.63, 3.8) is 0 Å². The molecule has 1 amide bonds. The van der Waals surface area contributed by atoms with Crippen molar-refractivity contribution in [3.8, 4) is 5.75 Å². The molecule has 2 heterocycles. The van der Waals surface area contributed by atoms with Gasteiger partial charge in [-0.3, -0.25) is 14.5 Å². The summed E-state index contributed by atoms with van der Waals surface area (Å²) >= 11 is 9.59. The molecule has 0 spiro atoms. The second-order valence-electron chi connectivity index (χ2n) is 6.95. The second kappa shape index (κ2) is 8.24. The Morgan fingerprint density at radius 2 is 1.94 bits per heavy atom. The molecule has 0 bridgehead atoms. The molecule has 1 aliphatic heterocycles. The standard InChI is InChI=1S/C23H17BrClNO5/c1-12-6-8-18(31-12)20-19(21(27)13-7-9-17(30-2)16(25)10-13)22(28)23(29)26(20)15-5-3-4-14(24)11-15/h3-11,20,27H,1-2H3/b21-19-. The van der Waals surface area contributed by atoms with Gasteiger partial charge in [-0.05, 0) is 55.5 Å². The van der Waals surface area contributed by atoms with Crippen LogP contribution < -0.4 is 9.64 Å². The van der Waals surface area contributed by atoms with Crippen LogP contribution in [0.5, 0.6) is 5.75 Å². The van der Waals surface area contributed by atoms with Crippen LogP contribution in [0.4, 0.5) is 5.69 Å². The van der Waals surface area contributed by atoms with Gasteiger partial charge in [-0.25, -0.2) is 0 Å². The van der Waals surface area contributed by atoms with Gasteiger partial charge in [0.2, 0.25) is 0 Å². The van der Waals surface area contributed by atoms with Gasteiger partial charge in [0.05, 0.1) is 17.7 Å². The number of methoxy groups -OCH3 is 1. The van der Waals surface area contributed by atoms with Gasteiger partial charge >= 0.3 is 0 Å². The lowest BCUT2D eigenvalue weighted by atomic mass is 9.99. The molecule has 4 rings (SSSR count). The average Bonchev–Trinajstić information content (AvgIpc) is 3.28. The lowest BCUT2D eigenvalue weighted by Gasteiger charge is -2.23. The van der Waals surface area contributed by atoms with Gasteiger partial charge < -0.3 is 14.3 Å². The number of hydrogen-bond acceptors (Lipinski definition) is 5. The average molecular weight is 503 g/mol. The highest BCUT2D eigenvalue weighted by atomic mass is 79.9. The zero-order chi connectivity index (χ0) is 22.3. The fraction of sp³-hybridized carbons (Fsp3) is 0.130. The van der Waals surface area contributed by atoms with Crippen LogP contribution in [0.2, 0.25) is 5.02 Å². The van der Waals surface area contributed by atoms with Gasteiger partial charge in [-0.1, -0.05) is 33.6 Å². The van der Waals surface area contributed by atoms with Crippen LogP contribution in [0.1, 0.15) is 23.1 Å². The van der Waals surface area contributed by atoms with Gasteiger partial charge in [0, 0.05) is 15.7 Å². The van der Waals surface area contributed by atoms with E-state index >= 15 is 0 Å². The van der Waals surface area contributed by atoms with E-state index in [9.17, 15) is 14.7 Å². The fourth-order valence-corrected chi connectivity index (χ4v) is 4.21. The molecule has 1 fully saturated rings. The molecule has 6 nitrogen and oxygen atoms in total. The number of aliphatic hydroxyl groups excluding tert-OH is 1. The molecule has 0 aliphatic carbocycles. The van der Waals surface area contributed by atoms with Crippen molar-refractivity contribution in [3.05, 3.63) is 86.7 Å². The lowest BCUT2D eigenvalue weighted by Crippen LogP contribution is -2.29. The van der Waals surface area contributed by atoms with E-state index in [1.165, 1.54) is 18.1 Å². The van der Waals surface area contributed by atoms with Crippen molar-refractivity contribution in [2.24, 2.45) is 0 Å². The number of benzene rings is 2. The molecule has 1 aliphatic rings. The van der Waals surface area contributed by atoms with Crippen molar-refractivity contribution in [1.29, 1.82) is 0 Å². The van der Waals surface area contributed by atoms with E-state index in [-0.39, 0.29) is 21.9 Å². The SMILES string of the molecule is COc1ccc(/C(O)=C2/C(=O)C(=O)N(c3cccc(Br)c3)C2c2ccc(C)o2)cc1Cl. The van der Waals surface area contributed by atoms with Crippen LogP contribution in [0.3, 0.4) is 0 Å². The third-order valence-electron chi connectivity index (χ3n) is 4.99. The number of hydrogen-bond donors (Lipinski definition) is 1. The van der Waals surface area contributed by atoms with Crippen LogP contribution in [0, 0.1) is 6.92 Å². The summed E-state index contributed by atoms with van der Waals surface area (Å²) in [5, 5.41) is 11.3. The number of nitrogens with zero attached hydrogens (tertiary/aromatic N) is 1. The molecule has 0 saturated carbocycles. The number of ether oxygens (including phenoxy) is 1. The van der Waals surface area contributed by atoms with Crippen LogP contribution in [-0.4, -0.2) is 23.9 Å². The van der Waals surface area contributed by atoms with Crippen molar-refractivity contribution in [2.45, 2.75) is 13.0 Å². The van der Waals surface area contributed by atoms with E-state index in [2.05, 4.69) is 15.9 Å². The van der Waals surface area contributed by atoms with E-state index in [1.807, 2.05) is 6.07 Å². The molecule has 2 aromatic carbocycles. The number of aliphatic hydroxyl groups is 1. The lowest BCUT2D eigenvalue weighted by molar-refractivity contribution is -0.132. The summed E-state index contributed by atoms with van der Waals surface area (Å²) < 4.78 is 11.7. The number of ketones is 1. The Morgan fingerprint density at radius 3 is 2.55 bits per heavy atom. The fourth-order valence-electron chi connectivity index (χ4n) is 3.56. The third kappa shape index (κ3) is 3.75. The topological polar surface area (TPSA) is 80.0 Å². The third-order valence-corrected chi connectivity index (χ3v) is 5.78. The normalized spacial score (nSPS) is 17.9. The minimum atomic E-state index is -0.941. The minimum absolute atomic E-state index is 0.0828. The van der Waals surface area contributed by atoms with Crippen LogP contribution in [0.25, 0.3) is 5.76 Å². The van der Waals surface area contributed by atoms with Gasteiger partial charge in [0.25, 0.3) is 11.7 Å². The van der Waals surface area contributed by atoms with Crippen molar-refractivity contribution < 1.29 is 23.8 Å². The highest BCUT2D eigenvalue weighted by Gasteiger charge is 2.48. The predicted octanol–water partition coefficient (Wildman–Crippen LogP) is 5.64. The monoisotopic (exact) mass is 501 g/mol. The summed E-state index contributed by atoms with van der Waals surface area (Å²) in [4.78, 5) is 27.4. The molecule has 0 radical (unpaired) electrons. The first-order chi connectivity index (χ1) is 14.8. The van der Waals surface area contributed by atoms with E-state index in [0.717, 1.165) is 4.47 Å². The first kappa shape index (κ1) is 21.2. The number of halogens is 2. The summed E-state index contributed by atoms with van der Waals surface area (Å²) in [6.45, 7) is 1.76. The van der Waals surface area contributed by atoms with E-state index in [1.54, 1.807) is 49.4 Å². The number of Topliss-reactive ketones (excluding diaryl/α,β-unsaturated/α-hetero) is 1. The minimum Gasteiger partial charge on any atom is -0.507 e. The van der Waals surface area contributed by atoms with E-state index < -0.39 is 17.7 Å². The predicted molar refractivity (Wildman–Crippen MR) is 120 cm³/mol. The summed E-state index contributed by atoms with van der Waals surface area (Å²) in [5.74, 6) is -0.535. The summed E-state index contributed by atoms with van der Waals surface area (Å²) in [6.07, 6.45) is 0. The molecule has 31 heavy (non-hydrogen) atoms. The Kier molecular flexibility index (Phi) is 5.64. The molecule has 1 unspecified atom stereocenters. The maximum absolute atomic E-state index is 13.1. The summed E-state index contributed by atoms with van der Waals surface area (Å²) in [7, 11) is 1.48. The Labute approximate surface area is 191 Å². The number of furan rings is 1. The maximum Gasteiger partial charge on any atom is 0.300 e. The molecule has 1 N–H and O–H groups in total. The number of anilines is 1. The molecule has 3 aromatic rings. The van der Waals surface area contributed by atoms with Crippen LogP contribution in [-0.2, 0) is 9.59 Å². The highest BCUT2D eigenvalue weighted by Crippen LogP contribution is 2.43. The Balaban J connectivity index is 1.93. The van der Waals surface area contributed by atoms with Crippen LogP contribution in [0.15, 0.2) is 69.1 Å². The quantitative estimate of drug-likeness (QED) is 0.284. The smallest absolute Gasteiger partial charge is 0.300 e. The first-order valence-electron chi connectivity index (χ1n) is 9.28. The molecule has 8 heteroatoms. The number of carbonyl (C=O) groups excluding carboxylic acids is 2. The zero-order valence-corrected chi connectivity index (χ0v) is 18.9. The molecule has 1 aromatic heterocycles. The maximum atomic E-state index is 13.1. The first-order valence-corrected chi connectivity index (χ1v) is 10.5. The van der Waals surface area contributed by atoms with Crippen LogP contribution >= 0.6 is 27.5 Å². The number of aryl methyl sites for hydroxylation is 1. The zero-order valence-electron chi connectivity index (χ0n) is 16.6. The van der Waals surface area contributed by atoms with Crippen molar-refractivity contribution >= 4 is 50.7 Å². The van der Waals surface area contributed by atoms with E-state index in [4.69, 9.17) is 20.8 Å². The Bertz CT molecular complexity index is 1230. The van der Waals surface area contributed by atoms with Gasteiger partial charge in [-0.15, -0.1) is 0 Å². The van der Waals surface area contributed by atoms with Crippen molar-refractivity contribution in [2.75, 3.05) is 12.0 Å². The molecule has 158 valence electrons. The molecular weight excluding hydrogens is 486 g/mol. The number of rotatable bonds is 4. The second-order valence-corrected chi connectivity index (χ2v) is 8.27. The Hall–Kier alpha value is -3.03. The largest absolute Gasteiger partial charge is 0.507 e. The number of carbonyl (C=O) groups is 2. The van der Waals surface area contributed by atoms with Crippen molar-refractivity contribution in [1.82, 2.24) is 0 Å². The molecule has 1 atom stereocenters. The molecular formula is C23H17BrClNO5. The summed E-state index contributed by atoms with van der Waals surface area (Å²) in [5.41, 5.74) is 0.689. The van der Waals surface area contributed by atoms with Gasteiger partial charge in [0.15, 0.2) is 0 Å². The van der Waals surface area contributed by atoms with E-state index in [0.29, 0.717) is 23.0 Å². The number of amides is 1. The highest BCUT2D eigenvalue weighted by molar-refractivity contribution is 9.10. The van der Waals surface area contributed by atoms with Gasteiger partial charge in [-0.2, -0.15) is 0 Å².